The monoisotopic (exact) mass is 404 g/mol. The quantitative estimate of drug-likeness (QED) is 0.687. The van der Waals surface area contributed by atoms with Crippen LogP contribution >= 0.6 is 11.7 Å². The zero-order valence-corrected chi connectivity index (χ0v) is 15.7. The summed E-state index contributed by atoms with van der Waals surface area (Å²) >= 11 is 0.936. The van der Waals surface area contributed by atoms with Gasteiger partial charge >= 0.3 is 0 Å². The second kappa shape index (κ2) is 6.87. The number of para-hydroxylation sites is 1. The van der Waals surface area contributed by atoms with Crippen LogP contribution in [0.25, 0.3) is 11.0 Å². The minimum Gasteiger partial charge on any atom is -0.489 e. The first-order valence-electron chi connectivity index (χ1n) is 8.21. The van der Waals surface area contributed by atoms with E-state index in [0.717, 1.165) is 16.0 Å². The predicted molar refractivity (Wildman–Crippen MR) is 99.8 cm³/mol. The van der Waals surface area contributed by atoms with Gasteiger partial charge in [-0.3, -0.25) is 4.79 Å². The number of rotatable bonds is 5. The van der Waals surface area contributed by atoms with Gasteiger partial charge in [-0.25, -0.2) is 8.42 Å². The maximum absolute atomic E-state index is 13.3. The van der Waals surface area contributed by atoms with Gasteiger partial charge < -0.3 is 10.5 Å². The minimum absolute atomic E-state index is 0.0142. The van der Waals surface area contributed by atoms with Gasteiger partial charge in [-0.15, -0.1) is 0 Å². The van der Waals surface area contributed by atoms with Crippen LogP contribution in [0.1, 0.15) is 6.42 Å². The molecule has 10 heteroatoms. The van der Waals surface area contributed by atoms with E-state index in [1.165, 1.54) is 6.07 Å². The normalized spacial score (nSPS) is 20.7. The molecule has 27 heavy (non-hydrogen) atoms. The zero-order chi connectivity index (χ0) is 19.0. The first kappa shape index (κ1) is 17.8. The van der Waals surface area contributed by atoms with E-state index in [1.54, 1.807) is 24.3 Å². The number of carbonyl (C=O) groups is 1. The Labute approximate surface area is 159 Å². The Morgan fingerprint density at radius 3 is 2.67 bits per heavy atom. The van der Waals surface area contributed by atoms with Crippen LogP contribution in [0, 0.1) is 0 Å². The number of fused-ring (bicyclic) bond motifs is 1. The zero-order valence-electron chi connectivity index (χ0n) is 14.1. The molecular weight excluding hydrogens is 388 g/mol. The summed E-state index contributed by atoms with van der Waals surface area (Å²) < 4.78 is 41.6. The maximum Gasteiger partial charge on any atom is 0.246 e. The lowest BCUT2D eigenvalue weighted by Gasteiger charge is -2.21. The summed E-state index contributed by atoms with van der Waals surface area (Å²) in [5.74, 6) is -0.0999. The molecule has 3 aromatic rings. The molecule has 2 heterocycles. The number of amides is 1. The number of aromatic nitrogens is 2. The van der Waals surface area contributed by atoms with Crippen molar-refractivity contribution in [3.05, 3.63) is 48.5 Å². The molecule has 0 aliphatic carbocycles. The van der Waals surface area contributed by atoms with Crippen LogP contribution in [0.4, 0.5) is 0 Å². The predicted octanol–water partition coefficient (Wildman–Crippen LogP) is 1.39. The number of hydrogen-bond acceptors (Lipinski definition) is 7. The van der Waals surface area contributed by atoms with Crippen molar-refractivity contribution in [1.29, 1.82) is 0 Å². The third-order valence-electron chi connectivity index (χ3n) is 4.43. The molecule has 2 aromatic carbocycles. The Hall–Kier alpha value is -2.56. The summed E-state index contributed by atoms with van der Waals surface area (Å²) in [6.07, 6.45) is -0.290. The Morgan fingerprint density at radius 2 is 1.93 bits per heavy atom. The van der Waals surface area contributed by atoms with Crippen molar-refractivity contribution in [2.24, 2.45) is 5.73 Å². The van der Waals surface area contributed by atoms with Crippen LogP contribution in [0.15, 0.2) is 53.4 Å². The molecule has 4 rings (SSSR count). The van der Waals surface area contributed by atoms with Crippen molar-refractivity contribution in [2.45, 2.75) is 23.5 Å². The van der Waals surface area contributed by atoms with Crippen molar-refractivity contribution in [3.8, 4) is 5.75 Å². The van der Waals surface area contributed by atoms with E-state index >= 15 is 0 Å². The maximum atomic E-state index is 13.3. The second-order valence-electron chi connectivity index (χ2n) is 6.17. The summed E-state index contributed by atoms with van der Waals surface area (Å²) in [6, 6.07) is 12.8. The largest absolute Gasteiger partial charge is 0.489 e. The summed E-state index contributed by atoms with van der Waals surface area (Å²) in [7, 11) is -4.00. The van der Waals surface area contributed by atoms with Gasteiger partial charge in [0.05, 0.1) is 18.3 Å². The van der Waals surface area contributed by atoms with E-state index < -0.39 is 28.1 Å². The fourth-order valence-corrected chi connectivity index (χ4v) is 5.58. The Kier molecular flexibility index (Phi) is 4.54. The third-order valence-corrected chi connectivity index (χ3v) is 6.88. The number of nitrogens with two attached hydrogens (primary N) is 1. The Balaban J connectivity index is 1.68. The molecule has 140 valence electrons. The van der Waals surface area contributed by atoms with Crippen molar-refractivity contribution < 1.29 is 17.9 Å². The highest BCUT2D eigenvalue weighted by atomic mass is 32.2. The number of carbonyl (C=O) groups excluding carboxylic acids is 1. The number of sulfonamides is 1. The highest BCUT2D eigenvalue weighted by Crippen LogP contribution is 2.31. The summed E-state index contributed by atoms with van der Waals surface area (Å²) in [5, 5.41) is 0. The summed E-state index contributed by atoms with van der Waals surface area (Å²) in [4.78, 5) is 12.0. The molecule has 1 aliphatic rings. The third kappa shape index (κ3) is 3.27. The molecule has 0 spiro atoms. The average Bonchev–Trinajstić information content (AvgIpc) is 3.29. The van der Waals surface area contributed by atoms with Crippen LogP contribution in [-0.4, -0.2) is 46.1 Å². The van der Waals surface area contributed by atoms with Gasteiger partial charge in [0.1, 0.15) is 33.8 Å². The van der Waals surface area contributed by atoms with Gasteiger partial charge in [0.15, 0.2) is 0 Å². The fraction of sp³-hybridized carbons (Fsp3) is 0.235. The number of hydrogen-bond donors (Lipinski definition) is 1. The molecule has 1 aliphatic heterocycles. The lowest BCUT2D eigenvalue weighted by atomic mass is 10.2. The highest BCUT2D eigenvalue weighted by molar-refractivity contribution is 7.89. The van der Waals surface area contributed by atoms with Gasteiger partial charge in [-0.2, -0.15) is 13.1 Å². The lowest BCUT2D eigenvalue weighted by molar-refractivity contribution is -0.121. The highest BCUT2D eigenvalue weighted by Gasteiger charge is 2.44. The SMILES string of the molecule is NC(=O)[C@@H]1C[C@H](Oc2ccccc2)CN1S(=O)(=O)c1cccc2nsnc12. The van der Waals surface area contributed by atoms with E-state index in [1.807, 2.05) is 18.2 Å². The van der Waals surface area contributed by atoms with Crippen molar-refractivity contribution in [2.75, 3.05) is 6.54 Å². The van der Waals surface area contributed by atoms with E-state index in [2.05, 4.69) is 8.75 Å². The number of ether oxygens (including phenoxy) is 1. The molecule has 0 bridgehead atoms. The second-order valence-corrected chi connectivity index (χ2v) is 8.56. The van der Waals surface area contributed by atoms with E-state index in [9.17, 15) is 13.2 Å². The van der Waals surface area contributed by atoms with E-state index in [0.29, 0.717) is 11.3 Å². The Bertz CT molecular complexity index is 1080. The van der Waals surface area contributed by atoms with Crippen molar-refractivity contribution in [3.63, 3.8) is 0 Å². The number of nitrogens with zero attached hydrogens (tertiary/aromatic N) is 3. The van der Waals surface area contributed by atoms with Crippen LogP contribution in [0.5, 0.6) is 5.75 Å². The first-order valence-corrected chi connectivity index (χ1v) is 10.4. The van der Waals surface area contributed by atoms with E-state index in [-0.39, 0.29) is 23.4 Å². The van der Waals surface area contributed by atoms with Crippen LogP contribution < -0.4 is 10.5 Å². The molecular formula is C17H16N4O4S2. The molecule has 1 saturated heterocycles. The van der Waals surface area contributed by atoms with Crippen LogP contribution in [0.3, 0.4) is 0 Å². The van der Waals surface area contributed by atoms with Gasteiger partial charge in [0.25, 0.3) is 0 Å². The smallest absolute Gasteiger partial charge is 0.246 e. The Morgan fingerprint density at radius 1 is 1.15 bits per heavy atom. The molecule has 1 fully saturated rings. The fourth-order valence-electron chi connectivity index (χ4n) is 3.19. The van der Waals surface area contributed by atoms with Crippen LogP contribution in [0.2, 0.25) is 0 Å². The first-order chi connectivity index (χ1) is 13.0. The molecule has 1 aromatic heterocycles. The number of primary amides is 1. The minimum atomic E-state index is -4.00. The van der Waals surface area contributed by atoms with Crippen molar-refractivity contribution in [1.82, 2.24) is 13.1 Å². The van der Waals surface area contributed by atoms with Crippen LogP contribution in [-0.2, 0) is 14.8 Å². The molecule has 0 radical (unpaired) electrons. The summed E-state index contributed by atoms with van der Waals surface area (Å²) in [6.45, 7) is 0.0266. The summed E-state index contributed by atoms with van der Waals surface area (Å²) in [5.41, 5.74) is 6.27. The average molecular weight is 404 g/mol. The molecule has 8 nitrogen and oxygen atoms in total. The number of benzene rings is 2. The molecule has 2 atom stereocenters. The molecule has 2 N–H and O–H groups in total. The molecule has 0 saturated carbocycles. The lowest BCUT2D eigenvalue weighted by Crippen LogP contribution is -2.43. The van der Waals surface area contributed by atoms with Gasteiger partial charge in [-0.05, 0) is 24.3 Å². The van der Waals surface area contributed by atoms with E-state index in [4.69, 9.17) is 10.5 Å². The molecule has 1 amide bonds. The van der Waals surface area contributed by atoms with Gasteiger partial charge in [0, 0.05) is 6.42 Å². The standard InChI is InChI=1S/C17H16N4O4S2/c18-17(22)14-9-12(25-11-5-2-1-3-6-11)10-21(14)27(23,24)15-8-4-7-13-16(15)20-26-19-13/h1-8,12,14H,9-10H2,(H2,18,22)/t12-,14-/m0/s1. The molecule has 0 unspecified atom stereocenters. The topological polar surface area (TPSA) is 115 Å². The van der Waals surface area contributed by atoms with Crippen molar-refractivity contribution >= 4 is 38.7 Å². The van der Waals surface area contributed by atoms with Gasteiger partial charge in [0.2, 0.25) is 15.9 Å². The van der Waals surface area contributed by atoms with Gasteiger partial charge in [-0.1, -0.05) is 24.3 Å².